The fourth-order valence-corrected chi connectivity index (χ4v) is 1.62. The van der Waals surface area contributed by atoms with Gasteiger partial charge < -0.3 is 23.7 Å². The molecular weight excluding hydrogens is 544 g/mol. The van der Waals surface area contributed by atoms with Crippen LogP contribution in [0.4, 0.5) is 0 Å². The number of carbonyl (C=O) groups is 5. The highest BCUT2D eigenvalue weighted by Crippen LogP contribution is 1.94. The topological polar surface area (TPSA) is 132 Å². The first-order chi connectivity index (χ1) is 19.8. The van der Waals surface area contributed by atoms with E-state index >= 15 is 0 Å². The van der Waals surface area contributed by atoms with E-state index in [1.165, 1.54) is 6.08 Å². The van der Waals surface area contributed by atoms with Crippen LogP contribution in [-0.4, -0.2) is 62.9 Å². The molecule has 0 saturated heterocycles. The highest BCUT2D eigenvalue weighted by Gasteiger charge is 2.00. The first-order valence-corrected chi connectivity index (χ1v) is 13.8. The third kappa shape index (κ3) is 49.0. The summed E-state index contributed by atoms with van der Waals surface area (Å²) < 4.78 is 23.0. The molecule has 0 spiro atoms. The van der Waals surface area contributed by atoms with Crippen LogP contribution in [0.25, 0.3) is 0 Å². The van der Waals surface area contributed by atoms with Gasteiger partial charge in [-0.05, 0) is 47.0 Å². The van der Waals surface area contributed by atoms with Crippen molar-refractivity contribution < 1.29 is 47.7 Å². The molecule has 0 aromatic carbocycles. The molecule has 10 nitrogen and oxygen atoms in total. The second-order valence-corrected chi connectivity index (χ2v) is 7.82. The second kappa shape index (κ2) is 39.2. The van der Waals surface area contributed by atoms with Gasteiger partial charge in [-0.1, -0.05) is 66.5 Å². The number of ether oxygens (including phenoxy) is 5. The van der Waals surface area contributed by atoms with E-state index in [9.17, 15) is 24.0 Å². The molecule has 0 amide bonds. The van der Waals surface area contributed by atoms with Crippen LogP contribution in [0.2, 0.25) is 0 Å². The summed E-state index contributed by atoms with van der Waals surface area (Å²) in [7, 11) is 0. The minimum atomic E-state index is -0.359. The van der Waals surface area contributed by atoms with Crippen molar-refractivity contribution in [2.45, 2.75) is 80.6 Å². The first-order valence-electron chi connectivity index (χ1n) is 13.8. The lowest BCUT2D eigenvalue weighted by molar-refractivity contribution is -0.139. The van der Waals surface area contributed by atoms with Crippen molar-refractivity contribution in [1.82, 2.24) is 0 Å². The quantitative estimate of drug-likeness (QED) is 0.0901. The molecule has 0 bridgehead atoms. The van der Waals surface area contributed by atoms with Gasteiger partial charge in [-0.2, -0.15) is 0 Å². The van der Waals surface area contributed by atoms with E-state index in [-0.39, 0.29) is 29.8 Å². The summed E-state index contributed by atoms with van der Waals surface area (Å²) >= 11 is 0. The summed E-state index contributed by atoms with van der Waals surface area (Å²) in [5, 5.41) is 0. The average Bonchev–Trinajstić information content (AvgIpc) is 2.98. The van der Waals surface area contributed by atoms with E-state index in [4.69, 9.17) is 9.47 Å². The van der Waals surface area contributed by atoms with Crippen LogP contribution in [-0.2, 0) is 47.7 Å². The van der Waals surface area contributed by atoms with Crippen LogP contribution in [0.5, 0.6) is 0 Å². The van der Waals surface area contributed by atoms with Crippen molar-refractivity contribution in [3.8, 4) is 0 Å². The fraction of sp³-hybridized carbons (Fsp3) is 0.531. The molecule has 0 aliphatic rings. The molecule has 42 heavy (non-hydrogen) atoms. The molecule has 0 aromatic rings. The molecule has 0 atom stereocenters. The predicted octanol–water partition coefficient (Wildman–Crippen LogP) is 6.41. The Morgan fingerprint density at radius 3 is 1.14 bits per heavy atom. The Morgan fingerprint density at radius 1 is 0.500 bits per heavy atom. The number of unbranched alkanes of at least 4 members (excludes halogenated alkanes) is 2. The van der Waals surface area contributed by atoms with Crippen molar-refractivity contribution in [2.24, 2.45) is 0 Å². The lowest BCUT2D eigenvalue weighted by Gasteiger charge is -1.99. The summed E-state index contributed by atoms with van der Waals surface area (Å²) in [6, 6.07) is 0. The van der Waals surface area contributed by atoms with E-state index < -0.39 is 0 Å². The van der Waals surface area contributed by atoms with E-state index in [0.29, 0.717) is 44.2 Å². The number of hydrogen-bond acceptors (Lipinski definition) is 10. The zero-order valence-electron chi connectivity index (χ0n) is 26.9. The maximum absolute atomic E-state index is 10.6. The monoisotopic (exact) mass is 598 g/mol. The fourth-order valence-electron chi connectivity index (χ4n) is 1.62. The van der Waals surface area contributed by atoms with Crippen molar-refractivity contribution in [2.75, 3.05) is 33.0 Å². The Kier molecular flexibility index (Phi) is 44.6. The van der Waals surface area contributed by atoms with Gasteiger partial charge in [-0.15, -0.1) is 0 Å². The third-order valence-corrected chi connectivity index (χ3v) is 3.64. The summed E-state index contributed by atoms with van der Waals surface area (Å²) in [6.45, 7) is 31.7. The van der Waals surface area contributed by atoms with Gasteiger partial charge in [-0.3, -0.25) is 0 Å². The number of carbonyl (C=O) groups excluding carboxylic acids is 5. The van der Waals surface area contributed by atoms with Crippen molar-refractivity contribution in [3.63, 3.8) is 0 Å². The van der Waals surface area contributed by atoms with Gasteiger partial charge in [0.25, 0.3) is 0 Å². The Morgan fingerprint density at radius 2 is 0.857 bits per heavy atom. The highest BCUT2D eigenvalue weighted by atomic mass is 16.5. The molecule has 0 aliphatic carbocycles. The van der Waals surface area contributed by atoms with Crippen LogP contribution in [0.1, 0.15) is 80.6 Å². The molecule has 242 valence electrons. The van der Waals surface area contributed by atoms with Crippen LogP contribution in [0.15, 0.2) is 62.3 Å². The van der Waals surface area contributed by atoms with Crippen molar-refractivity contribution in [3.05, 3.63) is 62.3 Å². The van der Waals surface area contributed by atoms with E-state index in [1.807, 2.05) is 13.8 Å². The van der Waals surface area contributed by atoms with Gasteiger partial charge in [0, 0.05) is 29.4 Å². The molecule has 0 saturated carbocycles. The van der Waals surface area contributed by atoms with Gasteiger partial charge >= 0.3 is 29.8 Å². The smallest absolute Gasteiger partial charge is 0.333 e. The molecule has 0 unspecified atom stereocenters. The summed E-state index contributed by atoms with van der Waals surface area (Å²) in [6.07, 6.45) is 8.43. The van der Waals surface area contributed by atoms with Gasteiger partial charge in [0.05, 0.1) is 33.0 Å². The van der Waals surface area contributed by atoms with Gasteiger partial charge in [0.1, 0.15) is 0 Å². The highest BCUT2D eigenvalue weighted by molar-refractivity contribution is 5.87. The summed E-state index contributed by atoms with van der Waals surface area (Å²) in [5.74, 6) is -1.63. The molecule has 0 rings (SSSR count). The molecular formula is C32H54O10. The van der Waals surface area contributed by atoms with Crippen LogP contribution < -0.4 is 0 Å². The van der Waals surface area contributed by atoms with Gasteiger partial charge in [0.2, 0.25) is 0 Å². The minimum absolute atomic E-state index is 0.295. The first kappa shape index (κ1) is 47.8. The molecule has 0 N–H and O–H groups in total. The van der Waals surface area contributed by atoms with Crippen molar-refractivity contribution >= 4 is 29.8 Å². The lowest BCUT2D eigenvalue weighted by Crippen LogP contribution is -2.04. The maximum atomic E-state index is 10.6. The van der Waals surface area contributed by atoms with E-state index in [0.717, 1.165) is 44.3 Å². The normalized spacial score (nSPS) is 8.36. The van der Waals surface area contributed by atoms with E-state index in [2.05, 4.69) is 54.0 Å². The predicted molar refractivity (Wildman–Crippen MR) is 166 cm³/mol. The zero-order chi connectivity index (χ0) is 33.8. The van der Waals surface area contributed by atoms with Crippen molar-refractivity contribution in [1.29, 1.82) is 0 Å². The van der Waals surface area contributed by atoms with E-state index in [1.54, 1.807) is 27.7 Å². The SMILES string of the molecule is C=C(C)C(=O)OCC.C=C(C)C(=O)OCCC.C=CC(=O)OCC.C=CC(=O)OCCC.C=CC(=O)OCCCCC. The summed E-state index contributed by atoms with van der Waals surface area (Å²) in [4.78, 5) is 51.7. The Balaban J connectivity index is -0.000000137. The molecule has 0 radical (unpaired) electrons. The average molecular weight is 599 g/mol. The number of esters is 5. The third-order valence-electron chi connectivity index (χ3n) is 3.64. The summed E-state index contributed by atoms with van der Waals surface area (Å²) in [5.41, 5.74) is 0.912. The van der Waals surface area contributed by atoms with Crippen LogP contribution in [0.3, 0.4) is 0 Å². The van der Waals surface area contributed by atoms with Crippen LogP contribution in [0, 0.1) is 0 Å². The molecule has 10 heteroatoms. The van der Waals surface area contributed by atoms with Gasteiger partial charge in [0.15, 0.2) is 0 Å². The van der Waals surface area contributed by atoms with Crippen LogP contribution >= 0.6 is 0 Å². The Bertz CT molecular complexity index is 795. The Labute approximate surface area is 253 Å². The standard InChI is InChI=1S/C8H14O2.C7H12O2.2C6H10O2.C5H8O2/c1-3-5-6-7-10-8(9)4-2;1-4-5-9-7(8)6(2)3;1-4-8-6(7)5(2)3;1-3-5-8-6(7)4-2;1-3-5(6)7-4-2/h4H,2-3,5-7H2,1H3;2,4-5H2,1,3H3;2,4H2,1,3H3;4H,2-3,5H2,1H3;3H,1,4H2,2H3. The minimum Gasteiger partial charge on any atom is -0.463 e. The molecule has 0 aromatic heterocycles. The largest absolute Gasteiger partial charge is 0.463 e. The number of rotatable bonds is 15. The maximum Gasteiger partial charge on any atom is 0.333 e. The molecule has 0 fully saturated rings. The Hall–Kier alpha value is -3.95. The lowest BCUT2D eigenvalue weighted by atomic mass is 10.3. The second-order valence-electron chi connectivity index (χ2n) is 7.82. The number of hydrogen-bond donors (Lipinski definition) is 0. The molecule has 0 aliphatic heterocycles. The molecule has 0 heterocycles. The zero-order valence-corrected chi connectivity index (χ0v) is 26.9. The van der Waals surface area contributed by atoms with Gasteiger partial charge in [-0.25, -0.2) is 24.0 Å².